The Morgan fingerprint density at radius 1 is 1.10 bits per heavy atom. The summed E-state index contributed by atoms with van der Waals surface area (Å²) in [5.41, 5.74) is 3.23. The highest BCUT2D eigenvalue weighted by Crippen LogP contribution is 2.26. The zero-order chi connectivity index (χ0) is 14.5. The number of halogens is 1. The number of para-hydroxylation sites is 1. The summed E-state index contributed by atoms with van der Waals surface area (Å²) in [6.07, 6.45) is 0.115. The quantitative estimate of drug-likeness (QED) is 0.891. The monoisotopic (exact) mass is 289 g/mol. The Bertz CT molecular complexity index is 519. The highest BCUT2D eigenvalue weighted by molar-refractivity contribution is 6.31. The van der Waals surface area contributed by atoms with E-state index in [1.54, 1.807) is 0 Å². The van der Waals surface area contributed by atoms with Crippen molar-refractivity contribution in [2.75, 3.05) is 18.5 Å². The molecule has 0 bridgehead atoms. The van der Waals surface area contributed by atoms with Gasteiger partial charge in [-0.3, -0.25) is 0 Å². The molecule has 0 spiro atoms. The minimum Gasteiger partial charge on any atom is -0.388 e. The van der Waals surface area contributed by atoms with Gasteiger partial charge in [-0.15, -0.1) is 0 Å². The first-order chi connectivity index (χ1) is 9.59. The van der Waals surface area contributed by atoms with Gasteiger partial charge in [-0.25, -0.2) is 0 Å². The molecule has 1 unspecified atom stereocenters. The third-order valence-electron chi connectivity index (χ3n) is 3.53. The van der Waals surface area contributed by atoms with Gasteiger partial charge >= 0.3 is 0 Å². The first kappa shape index (κ1) is 14.9. The zero-order valence-corrected chi connectivity index (χ0v) is 12.6. The van der Waals surface area contributed by atoms with Crippen LogP contribution >= 0.6 is 11.6 Å². The van der Waals surface area contributed by atoms with E-state index < -0.39 is 6.10 Å². The first-order valence-corrected chi connectivity index (χ1v) is 7.16. The number of aryl methyl sites for hydroxylation is 1. The fourth-order valence-corrected chi connectivity index (χ4v) is 2.59. The highest BCUT2D eigenvalue weighted by Gasteiger charge is 2.12. The molecule has 3 heteroatoms. The minimum absolute atomic E-state index is 0.532. The summed E-state index contributed by atoms with van der Waals surface area (Å²) in [6, 6.07) is 15.7. The van der Waals surface area contributed by atoms with Crippen LogP contribution in [-0.4, -0.2) is 18.7 Å². The molecule has 0 saturated carbocycles. The van der Waals surface area contributed by atoms with Gasteiger partial charge in [0.1, 0.15) is 0 Å². The number of aliphatic hydroxyl groups excluding tert-OH is 1. The number of anilines is 1. The Kier molecular flexibility index (Phi) is 5.05. The van der Waals surface area contributed by atoms with E-state index in [1.807, 2.05) is 43.4 Å². The van der Waals surface area contributed by atoms with Crippen LogP contribution in [0.1, 0.15) is 23.7 Å². The van der Waals surface area contributed by atoms with E-state index in [0.717, 1.165) is 12.1 Å². The van der Waals surface area contributed by atoms with E-state index in [1.165, 1.54) is 11.3 Å². The summed E-state index contributed by atoms with van der Waals surface area (Å²) in [6.45, 7) is 2.87. The fraction of sp³-hybridized carbons (Fsp3) is 0.294. The third kappa shape index (κ3) is 3.53. The second kappa shape index (κ2) is 6.78. The van der Waals surface area contributed by atoms with Crippen LogP contribution in [0.3, 0.4) is 0 Å². The number of rotatable bonds is 5. The first-order valence-electron chi connectivity index (χ1n) is 6.79. The van der Waals surface area contributed by atoms with E-state index in [0.29, 0.717) is 11.4 Å². The largest absolute Gasteiger partial charge is 0.388 e. The van der Waals surface area contributed by atoms with Crippen molar-refractivity contribution in [2.45, 2.75) is 19.4 Å². The predicted octanol–water partition coefficient (Wildman–Crippen LogP) is 4.21. The fourth-order valence-electron chi connectivity index (χ4n) is 2.33. The molecule has 2 aromatic rings. The third-order valence-corrected chi connectivity index (χ3v) is 3.87. The summed E-state index contributed by atoms with van der Waals surface area (Å²) >= 11 is 6.10. The van der Waals surface area contributed by atoms with Crippen molar-refractivity contribution in [3.8, 4) is 0 Å². The second-order valence-electron chi connectivity index (χ2n) is 5.03. The van der Waals surface area contributed by atoms with Gasteiger partial charge in [0, 0.05) is 24.3 Å². The van der Waals surface area contributed by atoms with Gasteiger partial charge in [0.2, 0.25) is 0 Å². The van der Waals surface area contributed by atoms with Crippen molar-refractivity contribution in [3.05, 3.63) is 64.7 Å². The number of hydrogen-bond donors (Lipinski definition) is 1. The van der Waals surface area contributed by atoms with Gasteiger partial charge in [0.15, 0.2) is 0 Å². The lowest BCUT2D eigenvalue weighted by Crippen LogP contribution is -2.21. The summed E-state index contributed by atoms with van der Waals surface area (Å²) in [5, 5.41) is 10.9. The molecule has 0 amide bonds. The van der Waals surface area contributed by atoms with Gasteiger partial charge in [-0.05, 0) is 36.6 Å². The minimum atomic E-state index is -0.532. The molecule has 2 aromatic carbocycles. The second-order valence-corrected chi connectivity index (χ2v) is 5.44. The SMILES string of the molecule is Cc1ccccc1N(C)CCC(O)c1ccccc1Cl. The molecule has 0 aliphatic heterocycles. The number of hydrogen-bond acceptors (Lipinski definition) is 2. The van der Waals surface area contributed by atoms with E-state index in [4.69, 9.17) is 11.6 Å². The maximum atomic E-state index is 10.3. The van der Waals surface area contributed by atoms with Crippen LogP contribution in [-0.2, 0) is 0 Å². The van der Waals surface area contributed by atoms with Crippen molar-refractivity contribution in [2.24, 2.45) is 0 Å². The maximum absolute atomic E-state index is 10.3. The van der Waals surface area contributed by atoms with Crippen molar-refractivity contribution in [1.29, 1.82) is 0 Å². The Morgan fingerprint density at radius 3 is 2.45 bits per heavy atom. The summed E-state index contributed by atoms with van der Waals surface area (Å²) in [5.74, 6) is 0. The van der Waals surface area contributed by atoms with E-state index >= 15 is 0 Å². The molecule has 0 saturated heterocycles. The van der Waals surface area contributed by atoms with Crippen molar-refractivity contribution in [3.63, 3.8) is 0 Å². The smallest absolute Gasteiger partial charge is 0.0821 e. The average molecular weight is 290 g/mol. The van der Waals surface area contributed by atoms with E-state index in [2.05, 4.69) is 24.0 Å². The Balaban J connectivity index is 1.99. The summed E-state index contributed by atoms with van der Waals surface area (Å²) < 4.78 is 0. The molecule has 106 valence electrons. The van der Waals surface area contributed by atoms with Crippen molar-refractivity contribution < 1.29 is 5.11 Å². The number of aliphatic hydroxyl groups is 1. The van der Waals surface area contributed by atoms with Crippen molar-refractivity contribution in [1.82, 2.24) is 0 Å². The van der Waals surface area contributed by atoms with Gasteiger partial charge in [0.05, 0.1) is 6.10 Å². The molecule has 0 aromatic heterocycles. The van der Waals surface area contributed by atoms with Gasteiger partial charge < -0.3 is 10.0 Å². The Labute approximate surface area is 125 Å². The van der Waals surface area contributed by atoms with Crippen LogP contribution in [0.25, 0.3) is 0 Å². The molecule has 0 aliphatic carbocycles. The lowest BCUT2D eigenvalue weighted by molar-refractivity contribution is 0.170. The van der Waals surface area contributed by atoms with Gasteiger partial charge in [-0.2, -0.15) is 0 Å². The van der Waals surface area contributed by atoms with Crippen molar-refractivity contribution >= 4 is 17.3 Å². The average Bonchev–Trinajstić information content (AvgIpc) is 2.45. The van der Waals surface area contributed by atoms with Gasteiger partial charge in [0.25, 0.3) is 0 Å². The lowest BCUT2D eigenvalue weighted by atomic mass is 10.1. The normalized spacial score (nSPS) is 12.2. The van der Waals surface area contributed by atoms with Crippen LogP contribution in [0.5, 0.6) is 0 Å². The molecule has 2 rings (SSSR count). The lowest BCUT2D eigenvalue weighted by Gasteiger charge is -2.23. The van der Waals surface area contributed by atoms with Crippen LogP contribution < -0.4 is 4.90 Å². The molecule has 2 nitrogen and oxygen atoms in total. The van der Waals surface area contributed by atoms with E-state index in [-0.39, 0.29) is 0 Å². The molecule has 0 aliphatic rings. The van der Waals surface area contributed by atoms with Crippen LogP contribution in [0.4, 0.5) is 5.69 Å². The molecule has 20 heavy (non-hydrogen) atoms. The predicted molar refractivity (Wildman–Crippen MR) is 85.5 cm³/mol. The summed E-state index contributed by atoms with van der Waals surface area (Å²) in [4.78, 5) is 2.16. The molecule has 0 fully saturated rings. The van der Waals surface area contributed by atoms with Crippen LogP contribution in [0, 0.1) is 6.92 Å². The Hall–Kier alpha value is -1.51. The van der Waals surface area contributed by atoms with Crippen LogP contribution in [0.15, 0.2) is 48.5 Å². The maximum Gasteiger partial charge on any atom is 0.0821 e. The Morgan fingerprint density at radius 2 is 1.75 bits per heavy atom. The topological polar surface area (TPSA) is 23.5 Å². The highest BCUT2D eigenvalue weighted by atomic mass is 35.5. The number of benzene rings is 2. The molecule has 0 heterocycles. The standard InChI is InChI=1S/C17H20ClNO/c1-13-7-3-6-10-16(13)19(2)12-11-17(20)14-8-4-5-9-15(14)18/h3-10,17,20H,11-12H2,1-2H3. The van der Waals surface area contributed by atoms with Gasteiger partial charge in [-0.1, -0.05) is 48.0 Å². The van der Waals surface area contributed by atoms with Crippen LogP contribution in [0.2, 0.25) is 5.02 Å². The molecule has 1 atom stereocenters. The number of nitrogens with zero attached hydrogens (tertiary/aromatic N) is 1. The molecule has 1 N–H and O–H groups in total. The molecular weight excluding hydrogens is 270 g/mol. The zero-order valence-electron chi connectivity index (χ0n) is 11.9. The molecule has 0 radical (unpaired) electrons. The molecular formula is C17H20ClNO. The summed E-state index contributed by atoms with van der Waals surface area (Å²) in [7, 11) is 2.04. The van der Waals surface area contributed by atoms with E-state index in [9.17, 15) is 5.11 Å².